The highest BCUT2D eigenvalue weighted by molar-refractivity contribution is 5.13. The predicted octanol–water partition coefficient (Wildman–Crippen LogP) is 5.76. The standard InChI is InChI=1S/C21H40O3/c1-2-3-4-5-6-7-8-9-10-11-12-13-14-15-18-23-19-21-20(24-21)16-17-22/h16,21-22H,2-15,17-19H2,1H3. The van der Waals surface area contributed by atoms with Crippen LogP contribution in [0.1, 0.15) is 96.8 Å². The maximum Gasteiger partial charge on any atom is 0.178 e. The highest BCUT2D eigenvalue weighted by Crippen LogP contribution is 2.26. The Labute approximate surface area is 149 Å². The summed E-state index contributed by atoms with van der Waals surface area (Å²) in [5, 5.41) is 8.71. The van der Waals surface area contributed by atoms with E-state index in [-0.39, 0.29) is 12.7 Å². The summed E-state index contributed by atoms with van der Waals surface area (Å²) < 4.78 is 10.9. The van der Waals surface area contributed by atoms with Gasteiger partial charge in [0, 0.05) is 6.61 Å². The Bertz CT molecular complexity index is 301. The fourth-order valence-corrected chi connectivity index (χ4v) is 3.10. The van der Waals surface area contributed by atoms with E-state index in [9.17, 15) is 0 Å². The summed E-state index contributed by atoms with van der Waals surface area (Å²) in [6.07, 6.45) is 21.2. The van der Waals surface area contributed by atoms with Crippen LogP contribution in [0.15, 0.2) is 11.8 Å². The third kappa shape index (κ3) is 12.8. The number of aliphatic hydroxyl groups excluding tert-OH is 1. The topological polar surface area (TPSA) is 42.0 Å². The van der Waals surface area contributed by atoms with Gasteiger partial charge in [-0.1, -0.05) is 90.4 Å². The van der Waals surface area contributed by atoms with E-state index < -0.39 is 0 Å². The van der Waals surface area contributed by atoms with Gasteiger partial charge in [-0.15, -0.1) is 0 Å². The molecule has 0 aliphatic carbocycles. The molecule has 0 aromatic rings. The maximum absolute atomic E-state index is 8.71. The average Bonchev–Trinajstić information content (AvgIpc) is 3.33. The molecule has 1 aliphatic rings. The Kier molecular flexibility index (Phi) is 14.3. The number of ether oxygens (including phenoxy) is 2. The monoisotopic (exact) mass is 340 g/mol. The predicted molar refractivity (Wildman–Crippen MR) is 101 cm³/mol. The second-order valence-corrected chi connectivity index (χ2v) is 7.07. The first kappa shape index (κ1) is 21.5. The molecule has 3 nitrogen and oxygen atoms in total. The van der Waals surface area contributed by atoms with Crippen LogP contribution in [0.25, 0.3) is 0 Å². The minimum absolute atomic E-state index is 0.0603. The number of epoxide rings is 1. The van der Waals surface area contributed by atoms with Crippen LogP contribution in [-0.4, -0.2) is 31.0 Å². The molecule has 1 aliphatic heterocycles. The van der Waals surface area contributed by atoms with E-state index in [2.05, 4.69) is 6.92 Å². The Morgan fingerprint density at radius 1 is 0.833 bits per heavy atom. The Hall–Kier alpha value is -0.540. The molecule has 0 aromatic heterocycles. The molecule has 1 N–H and O–H groups in total. The number of rotatable bonds is 18. The Balaban J connectivity index is 1.66. The van der Waals surface area contributed by atoms with Crippen molar-refractivity contribution in [1.82, 2.24) is 0 Å². The summed E-state index contributed by atoms with van der Waals surface area (Å²) in [6, 6.07) is 0. The van der Waals surface area contributed by atoms with Crippen molar-refractivity contribution >= 4 is 0 Å². The van der Waals surface area contributed by atoms with E-state index in [0.29, 0.717) is 6.61 Å². The molecule has 1 atom stereocenters. The summed E-state index contributed by atoms with van der Waals surface area (Å²) in [6.45, 7) is 3.82. The highest BCUT2D eigenvalue weighted by Gasteiger charge is 2.31. The van der Waals surface area contributed by atoms with Gasteiger partial charge in [0.15, 0.2) is 6.10 Å². The van der Waals surface area contributed by atoms with Crippen molar-refractivity contribution in [3.8, 4) is 0 Å². The molecule has 1 saturated heterocycles. The van der Waals surface area contributed by atoms with Gasteiger partial charge in [-0.25, -0.2) is 0 Å². The van der Waals surface area contributed by atoms with Crippen molar-refractivity contribution in [3.63, 3.8) is 0 Å². The van der Waals surface area contributed by atoms with Crippen LogP contribution in [0.3, 0.4) is 0 Å². The molecule has 3 heteroatoms. The van der Waals surface area contributed by atoms with Crippen molar-refractivity contribution < 1.29 is 14.6 Å². The van der Waals surface area contributed by atoms with E-state index in [1.54, 1.807) is 6.08 Å². The van der Waals surface area contributed by atoms with Gasteiger partial charge < -0.3 is 14.6 Å². The van der Waals surface area contributed by atoms with Crippen LogP contribution >= 0.6 is 0 Å². The first-order valence-electron chi connectivity index (χ1n) is 10.4. The fraction of sp³-hybridized carbons (Fsp3) is 0.905. The SMILES string of the molecule is CCCCCCCCCCCCCCCCOCC1OC1=CCO. The third-order valence-electron chi connectivity index (χ3n) is 4.74. The summed E-state index contributed by atoms with van der Waals surface area (Å²) in [4.78, 5) is 0. The molecule has 1 heterocycles. The zero-order valence-electron chi connectivity index (χ0n) is 15.9. The molecular formula is C21H40O3. The molecular weight excluding hydrogens is 300 g/mol. The van der Waals surface area contributed by atoms with Crippen molar-refractivity contribution in [2.24, 2.45) is 0 Å². The summed E-state index contributed by atoms with van der Waals surface area (Å²) in [7, 11) is 0. The minimum atomic E-state index is 0.0603. The zero-order valence-corrected chi connectivity index (χ0v) is 15.9. The lowest BCUT2D eigenvalue weighted by atomic mass is 10.0. The van der Waals surface area contributed by atoms with Crippen molar-refractivity contribution in [3.05, 3.63) is 11.8 Å². The molecule has 0 spiro atoms. The minimum Gasteiger partial charge on any atom is -0.481 e. The van der Waals surface area contributed by atoms with E-state index in [0.717, 1.165) is 18.8 Å². The molecule has 1 unspecified atom stereocenters. The fourth-order valence-electron chi connectivity index (χ4n) is 3.10. The second kappa shape index (κ2) is 16.0. The van der Waals surface area contributed by atoms with E-state index >= 15 is 0 Å². The number of hydrogen-bond acceptors (Lipinski definition) is 3. The van der Waals surface area contributed by atoms with Gasteiger partial charge in [0.05, 0.1) is 13.2 Å². The van der Waals surface area contributed by atoms with E-state index in [1.807, 2.05) is 0 Å². The Morgan fingerprint density at radius 3 is 1.83 bits per heavy atom. The van der Waals surface area contributed by atoms with Crippen LogP contribution in [0, 0.1) is 0 Å². The van der Waals surface area contributed by atoms with Crippen LogP contribution < -0.4 is 0 Å². The molecule has 1 rings (SSSR count). The van der Waals surface area contributed by atoms with E-state index in [4.69, 9.17) is 14.6 Å². The van der Waals surface area contributed by atoms with Gasteiger partial charge in [0.2, 0.25) is 0 Å². The second-order valence-electron chi connectivity index (χ2n) is 7.07. The molecule has 0 aromatic carbocycles. The van der Waals surface area contributed by atoms with Gasteiger partial charge >= 0.3 is 0 Å². The molecule has 142 valence electrons. The van der Waals surface area contributed by atoms with Crippen LogP contribution in [0.5, 0.6) is 0 Å². The summed E-state index contributed by atoms with van der Waals surface area (Å²) >= 11 is 0. The maximum atomic E-state index is 8.71. The smallest absolute Gasteiger partial charge is 0.178 e. The van der Waals surface area contributed by atoms with Gasteiger partial charge in [-0.3, -0.25) is 0 Å². The summed E-state index contributed by atoms with van der Waals surface area (Å²) in [5.74, 6) is 0.887. The van der Waals surface area contributed by atoms with Crippen LogP contribution in [0.4, 0.5) is 0 Å². The molecule has 0 radical (unpaired) electrons. The first-order valence-corrected chi connectivity index (χ1v) is 10.4. The van der Waals surface area contributed by atoms with Gasteiger partial charge in [0.25, 0.3) is 0 Å². The zero-order chi connectivity index (χ0) is 17.3. The van der Waals surface area contributed by atoms with Gasteiger partial charge in [-0.2, -0.15) is 0 Å². The quantitative estimate of drug-likeness (QED) is 0.255. The summed E-state index contributed by atoms with van der Waals surface area (Å²) in [5.41, 5.74) is 0. The lowest BCUT2D eigenvalue weighted by molar-refractivity contribution is 0.113. The van der Waals surface area contributed by atoms with Crippen molar-refractivity contribution in [1.29, 1.82) is 0 Å². The largest absolute Gasteiger partial charge is 0.481 e. The molecule has 0 bridgehead atoms. The average molecular weight is 341 g/mol. The highest BCUT2D eigenvalue weighted by atomic mass is 16.6. The van der Waals surface area contributed by atoms with Crippen molar-refractivity contribution in [2.75, 3.05) is 19.8 Å². The number of hydrogen-bond donors (Lipinski definition) is 1. The molecule has 0 saturated carbocycles. The Morgan fingerprint density at radius 2 is 1.33 bits per heavy atom. The lowest BCUT2D eigenvalue weighted by Gasteiger charge is -2.03. The lowest BCUT2D eigenvalue weighted by Crippen LogP contribution is -2.02. The molecule has 1 fully saturated rings. The van der Waals surface area contributed by atoms with Crippen LogP contribution in [0.2, 0.25) is 0 Å². The normalized spacial score (nSPS) is 18.1. The molecule has 0 amide bonds. The number of aliphatic hydroxyl groups is 1. The third-order valence-corrected chi connectivity index (χ3v) is 4.74. The van der Waals surface area contributed by atoms with Gasteiger partial charge in [0.1, 0.15) is 5.76 Å². The van der Waals surface area contributed by atoms with Crippen molar-refractivity contribution in [2.45, 2.75) is 103 Å². The van der Waals surface area contributed by atoms with Gasteiger partial charge in [-0.05, 0) is 12.5 Å². The van der Waals surface area contributed by atoms with E-state index in [1.165, 1.54) is 83.5 Å². The number of unbranched alkanes of at least 4 members (excludes halogenated alkanes) is 13. The molecule has 24 heavy (non-hydrogen) atoms. The van der Waals surface area contributed by atoms with Crippen LogP contribution in [-0.2, 0) is 9.47 Å². The first-order chi connectivity index (χ1) is 11.9.